The number of carbonyl (C=O) groups is 1. The van der Waals surface area contributed by atoms with Crippen LogP contribution in [0.25, 0.3) is 11.0 Å². The quantitative estimate of drug-likeness (QED) is 0.740. The van der Waals surface area contributed by atoms with E-state index in [1.165, 1.54) is 0 Å². The largest absolute Gasteiger partial charge is 0.496 e. The number of aromatic nitrogens is 3. The van der Waals surface area contributed by atoms with Crippen LogP contribution in [0.1, 0.15) is 28.9 Å². The molecule has 6 nitrogen and oxygen atoms in total. The molecular weight excluding hydrogens is 304 g/mol. The van der Waals surface area contributed by atoms with E-state index in [1.807, 2.05) is 50.4 Å². The second kappa shape index (κ2) is 6.31. The Morgan fingerprint density at radius 3 is 2.75 bits per heavy atom. The van der Waals surface area contributed by atoms with E-state index in [0.717, 1.165) is 22.3 Å². The van der Waals surface area contributed by atoms with Crippen LogP contribution in [0.15, 0.2) is 42.5 Å². The average Bonchev–Trinajstić information content (AvgIpc) is 3.00. The Balaban J connectivity index is 1.91. The second-order valence-corrected chi connectivity index (χ2v) is 5.75. The Bertz CT molecular complexity index is 888. The number of benzene rings is 2. The fourth-order valence-electron chi connectivity index (χ4n) is 2.76. The van der Waals surface area contributed by atoms with Crippen LogP contribution in [0.4, 0.5) is 0 Å². The van der Waals surface area contributed by atoms with Crippen molar-refractivity contribution in [3.8, 4) is 5.75 Å². The van der Waals surface area contributed by atoms with E-state index in [-0.39, 0.29) is 11.9 Å². The summed E-state index contributed by atoms with van der Waals surface area (Å²) in [6, 6.07) is 13.0. The molecule has 0 N–H and O–H groups in total. The summed E-state index contributed by atoms with van der Waals surface area (Å²) in [5, 5.41) is 8.01. The van der Waals surface area contributed by atoms with E-state index < -0.39 is 0 Å². The summed E-state index contributed by atoms with van der Waals surface area (Å²) in [5.41, 5.74) is 3.19. The third-order valence-electron chi connectivity index (χ3n) is 4.35. The van der Waals surface area contributed by atoms with Gasteiger partial charge in [-0.15, -0.1) is 5.10 Å². The van der Waals surface area contributed by atoms with Crippen molar-refractivity contribution in [3.63, 3.8) is 0 Å². The molecule has 2 aromatic carbocycles. The molecule has 3 rings (SSSR count). The summed E-state index contributed by atoms with van der Waals surface area (Å²) in [4.78, 5) is 14.6. The predicted octanol–water partition coefficient (Wildman–Crippen LogP) is 2.81. The van der Waals surface area contributed by atoms with Crippen molar-refractivity contribution >= 4 is 16.9 Å². The number of carbonyl (C=O) groups excluding carboxylic acids is 1. The van der Waals surface area contributed by atoms with Gasteiger partial charge in [-0.2, -0.15) is 0 Å². The smallest absolute Gasteiger partial charge is 0.254 e. The standard InChI is InChI=1S/C18H20N4O2/c1-12(14-7-5-6-8-17(14)24-4)21(2)18(23)13-9-10-15-16(11-13)22(3)20-19-15/h5-12H,1-4H3. The molecule has 1 unspecified atom stereocenters. The zero-order chi connectivity index (χ0) is 17.3. The zero-order valence-corrected chi connectivity index (χ0v) is 14.2. The van der Waals surface area contributed by atoms with Crippen molar-refractivity contribution in [1.82, 2.24) is 19.9 Å². The Kier molecular flexibility index (Phi) is 4.20. The summed E-state index contributed by atoms with van der Waals surface area (Å²) >= 11 is 0. The fourth-order valence-corrected chi connectivity index (χ4v) is 2.76. The minimum Gasteiger partial charge on any atom is -0.496 e. The molecule has 6 heteroatoms. The average molecular weight is 324 g/mol. The van der Waals surface area contributed by atoms with Gasteiger partial charge in [-0.25, -0.2) is 4.68 Å². The summed E-state index contributed by atoms with van der Waals surface area (Å²) in [6.07, 6.45) is 0. The molecule has 0 bridgehead atoms. The maximum Gasteiger partial charge on any atom is 0.254 e. The van der Waals surface area contributed by atoms with Crippen molar-refractivity contribution in [2.45, 2.75) is 13.0 Å². The third kappa shape index (κ3) is 2.71. The lowest BCUT2D eigenvalue weighted by atomic mass is 10.0. The molecule has 0 fully saturated rings. The van der Waals surface area contributed by atoms with Gasteiger partial charge in [0.25, 0.3) is 5.91 Å². The molecule has 1 heterocycles. The van der Waals surface area contributed by atoms with Gasteiger partial charge in [0.05, 0.1) is 18.7 Å². The Hall–Kier alpha value is -2.89. The predicted molar refractivity (Wildman–Crippen MR) is 92.0 cm³/mol. The van der Waals surface area contributed by atoms with Crippen LogP contribution in [0.2, 0.25) is 0 Å². The van der Waals surface area contributed by atoms with Crippen LogP contribution in [0.3, 0.4) is 0 Å². The van der Waals surface area contributed by atoms with Gasteiger partial charge in [0, 0.05) is 25.2 Å². The highest BCUT2D eigenvalue weighted by Crippen LogP contribution is 2.29. The molecule has 0 radical (unpaired) electrons. The molecule has 0 saturated carbocycles. The van der Waals surface area contributed by atoms with Crippen molar-refractivity contribution in [2.24, 2.45) is 7.05 Å². The molecule has 0 aliphatic carbocycles. The van der Waals surface area contributed by atoms with E-state index in [0.29, 0.717) is 5.56 Å². The summed E-state index contributed by atoms with van der Waals surface area (Å²) in [6.45, 7) is 1.99. The first kappa shape index (κ1) is 16.0. The Morgan fingerprint density at radius 1 is 1.25 bits per heavy atom. The van der Waals surface area contributed by atoms with Gasteiger partial charge in [-0.05, 0) is 31.2 Å². The first-order valence-corrected chi connectivity index (χ1v) is 7.72. The first-order valence-electron chi connectivity index (χ1n) is 7.72. The molecule has 124 valence electrons. The molecule has 1 atom stereocenters. The summed E-state index contributed by atoms with van der Waals surface area (Å²) in [7, 11) is 5.24. The van der Waals surface area contributed by atoms with Crippen LogP contribution >= 0.6 is 0 Å². The van der Waals surface area contributed by atoms with Crippen molar-refractivity contribution in [2.75, 3.05) is 14.2 Å². The van der Waals surface area contributed by atoms with Gasteiger partial charge in [-0.3, -0.25) is 4.79 Å². The number of hydrogen-bond donors (Lipinski definition) is 0. The molecule has 3 aromatic rings. The fraction of sp³-hybridized carbons (Fsp3) is 0.278. The lowest BCUT2D eigenvalue weighted by Gasteiger charge is -2.26. The molecule has 1 amide bonds. The highest BCUT2D eigenvalue weighted by atomic mass is 16.5. The van der Waals surface area contributed by atoms with E-state index in [1.54, 1.807) is 29.8 Å². The minimum absolute atomic E-state index is 0.0588. The lowest BCUT2D eigenvalue weighted by Crippen LogP contribution is -2.29. The van der Waals surface area contributed by atoms with Crippen LogP contribution in [0.5, 0.6) is 5.75 Å². The maximum absolute atomic E-state index is 12.9. The number of methoxy groups -OCH3 is 1. The Morgan fingerprint density at radius 2 is 2.00 bits per heavy atom. The van der Waals surface area contributed by atoms with Gasteiger partial charge < -0.3 is 9.64 Å². The van der Waals surface area contributed by atoms with Gasteiger partial charge >= 0.3 is 0 Å². The topological polar surface area (TPSA) is 60.2 Å². The zero-order valence-electron chi connectivity index (χ0n) is 14.2. The number of hydrogen-bond acceptors (Lipinski definition) is 4. The summed E-state index contributed by atoms with van der Waals surface area (Å²) < 4.78 is 7.07. The van der Waals surface area contributed by atoms with Crippen LogP contribution in [-0.4, -0.2) is 40.0 Å². The van der Waals surface area contributed by atoms with Crippen molar-refractivity contribution in [1.29, 1.82) is 0 Å². The van der Waals surface area contributed by atoms with Gasteiger partial charge in [-0.1, -0.05) is 23.4 Å². The minimum atomic E-state index is -0.117. The highest BCUT2D eigenvalue weighted by molar-refractivity contribution is 5.97. The molecule has 24 heavy (non-hydrogen) atoms. The number of fused-ring (bicyclic) bond motifs is 1. The molecule has 0 saturated heterocycles. The van der Waals surface area contributed by atoms with Crippen LogP contribution < -0.4 is 4.74 Å². The monoisotopic (exact) mass is 324 g/mol. The normalized spacial score (nSPS) is 12.2. The maximum atomic E-state index is 12.9. The van der Waals surface area contributed by atoms with Crippen molar-refractivity contribution in [3.05, 3.63) is 53.6 Å². The second-order valence-electron chi connectivity index (χ2n) is 5.75. The number of ether oxygens (including phenoxy) is 1. The number of para-hydroxylation sites is 1. The molecular formula is C18H20N4O2. The molecule has 1 aromatic heterocycles. The van der Waals surface area contributed by atoms with Gasteiger partial charge in [0.1, 0.15) is 11.3 Å². The molecule has 0 spiro atoms. The molecule has 0 aliphatic rings. The van der Waals surface area contributed by atoms with E-state index in [2.05, 4.69) is 10.3 Å². The lowest BCUT2D eigenvalue weighted by molar-refractivity contribution is 0.0741. The van der Waals surface area contributed by atoms with E-state index in [4.69, 9.17) is 4.74 Å². The SMILES string of the molecule is COc1ccccc1C(C)N(C)C(=O)c1ccc2nnn(C)c2c1. The summed E-state index contributed by atoms with van der Waals surface area (Å²) in [5.74, 6) is 0.715. The van der Waals surface area contributed by atoms with E-state index in [9.17, 15) is 4.79 Å². The van der Waals surface area contributed by atoms with E-state index >= 15 is 0 Å². The van der Waals surface area contributed by atoms with Crippen LogP contribution in [0, 0.1) is 0 Å². The Labute approximate surface area is 140 Å². The highest BCUT2D eigenvalue weighted by Gasteiger charge is 2.22. The van der Waals surface area contributed by atoms with Crippen LogP contribution in [-0.2, 0) is 7.05 Å². The number of nitrogens with zero attached hydrogens (tertiary/aromatic N) is 4. The van der Waals surface area contributed by atoms with Gasteiger partial charge in [0.15, 0.2) is 0 Å². The van der Waals surface area contributed by atoms with Crippen molar-refractivity contribution < 1.29 is 9.53 Å². The molecule has 0 aliphatic heterocycles. The number of rotatable bonds is 4. The first-order chi connectivity index (χ1) is 11.5. The number of aryl methyl sites for hydroxylation is 1. The van der Waals surface area contributed by atoms with Gasteiger partial charge in [0.2, 0.25) is 0 Å². The third-order valence-corrected chi connectivity index (χ3v) is 4.35. The number of amides is 1.